The van der Waals surface area contributed by atoms with E-state index in [9.17, 15) is 13.2 Å². The van der Waals surface area contributed by atoms with Crippen LogP contribution in [0.5, 0.6) is 5.75 Å². The zero-order chi connectivity index (χ0) is 28.1. The van der Waals surface area contributed by atoms with Crippen molar-refractivity contribution < 1.29 is 17.4 Å². The van der Waals surface area contributed by atoms with Crippen molar-refractivity contribution in [2.24, 2.45) is 4.99 Å². The Bertz CT molecular complexity index is 1690. The lowest BCUT2D eigenvalue weighted by Gasteiger charge is -2.15. The first-order valence-corrected chi connectivity index (χ1v) is 15.4. The summed E-state index contributed by atoms with van der Waals surface area (Å²) < 4.78 is 32.3. The Kier molecular flexibility index (Phi) is 8.54. The van der Waals surface area contributed by atoms with Crippen LogP contribution >= 0.6 is 27.7 Å². The zero-order valence-electron chi connectivity index (χ0n) is 21.5. The SMILES string of the molecule is Cc1ccc(S(=O)(=O)Oc2ccc(Br)cc2/C=C2/SC(=NCc3ccccc3)N(Cc3ccccc3)C2=O)cc1. The second-order valence-electron chi connectivity index (χ2n) is 9.10. The quantitative estimate of drug-likeness (QED) is 0.152. The average Bonchev–Trinajstić information content (AvgIpc) is 3.24. The molecule has 0 bridgehead atoms. The Morgan fingerprint density at radius 2 is 1.55 bits per heavy atom. The van der Waals surface area contributed by atoms with E-state index >= 15 is 0 Å². The van der Waals surface area contributed by atoms with Crippen LogP contribution in [0.1, 0.15) is 22.3 Å². The highest BCUT2D eigenvalue weighted by molar-refractivity contribution is 9.10. The molecule has 1 saturated heterocycles. The number of hydrogen-bond acceptors (Lipinski definition) is 6. The van der Waals surface area contributed by atoms with E-state index in [1.165, 1.54) is 23.9 Å². The van der Waals surface area contributed by atoms with Gasteiger partial charge >= 0.3 is 10.1 Å². The van der Waals surface area contributed by atoms with Crippen LogP contribution < -0.4 is 4.18 Å². The molecular formula is C31H25BrN2O4S2. The molecule has 0 spiro atoms. The Balaban J connectivity index is 1.48. The second-order valence-corrected chi connectivity index (χ2v) is 12.6. The fourth-order valence-corrected chi connectivity index (χ4v) is 6.29. The van der Waals surface area contributed by atoms with Crippen molar-refractivity contribution >= 4 is 55.0 Å². The van der Waals surface area contributed by atoms with E-state index in [1.807, 2.05) is 67.6 Å². The highest BCUT2D eigenvalue weighted by atomic mass is 79.9. The normalized spacial score (nSPS) is 15.7. The largest absolute Gasteiger partial charge is 0.378 e. The fourth-order valence-electron chi connectivity index (χ4n) is 3.99. The monoisotopic (exact) mass is 632 g/mol. The predicted octanol–water partition coefficient (Wildman–Crippen LogP) is 7.20. The first-order valence-electron chi connectivity index (χ1n) is 12.4. The van der Waals surface area contributed by atoms with Gasteiger partial charge in [-0.2, -0.15) is 8.42 Å². The molecule has 0 aliphatic carbocycles. The number of thioether (sulfide) groups is 1. The highest BCUT2D eigenvalue weighted by Crippen LogP contribution is 2.37. The van der Waals surface area contributed by atoms with E-state index in [0.29, 0.717) is 33.2 Å². The zero-order valence-corrected chi connectivity index (χ0v) is 24.7. The molecule has 4 aromatic carbocycles. The molecule has 9 heteroatoms. The number of rotatable bonds is 8. The van der Waals surface area contributed by atoms with E-state index in [1.54, 1.807) is 41.3 Å². The summed E-state index contributed by atoms with van der Waals surface area (Å²) in [6.45, 7) is 2.67. The number of nitrogens with zero attached hydrogens (tertiary/aromatic N) is 2. The van der Waals surface area contributed by atoms with Gasteiger partial charge in [-0.1, -0.05) is 94.3 Å². The van der Waals surface area contributed by atoms with Gasteiger partial charge in [0.2, 0.25) is 0 Å². The molecule has 40 heavy (non-hydrogen) atoms. The molecule has 6 nitrogen and oxygen atoms in total. The first-order chi connectivity index (χ1) is 19.3. The first kappa shape index (κ1) is 27.9. The van der Waals surface area contributed by atoms with Gasteiger partial charge in [-0.05, 0) is 66.2 Å². The van der Waals surface area contributed by atoms with Gasteiger partial charge in [0.25, 0.3) is 5.91 Å². The number of amides is 1. The Morgan fingerprint density at radius 1 is 0.900 bits per heavy atom. The molecule has 0 N–H and O–H groups in total. The third-order valence-electron chi connectivity index (χ3n) is 6.08. The molecule has 1 heterocycles. The Hall–Kier alpha value is -3.66. The second kappa shape index (κ2) is 12.2. The van der Waals surface area contributed by atoms with Crippen LogP contribution in [0.15, 0.2) is 122 Å². The van der Waals surface area contributed by atoms with Gasteiger partial charge in [-0.15, -0.1) is 0 Å². The number of benzene rings is 4. The number of carbonyl (C=O) groups is 1. The molecule has 0 atom stereocenters. The standard InChI is InChI=1S/C31H25BrN2O4S2/c1-22-12-15-27(16-13-22)40(36,37)38-28-17-14-26(32)18-25(28)19-29-30(35)34(21-24-10-6-3-7-11-24)31(39-29)33-20-23-8-4-2-5-9-23/h2-19H,20-21H2,1H3/b29-19+,33-31?. The van der Waals surface area contributed by atoms with E-state index in [0.717, 1.165) is 16.7 Å². The molecular weight excluding hydrogens is 608 g/mol. The topological polar surface area (TPSA) is 76.0 Å². The van der Waals surface area contributed by atoms with Gasteiger partial charge in [0.1, 0.15) is 10.6 Å². The van der Waals surface area contributed by atoms with Gasteiger partial charge in [0, 0.05) is 10.0 Å². The lowest BCUT2D eigenvalue weighted by Crippen LogP contribution is -2.28. The van der Waals surface area contributed by atoms with Crippen LogP contribution in [-0.4, -0.2) is 24.4 Å². The van der Waals surface area contributed by atoms with Crippen molar-refractivity contribution in [1.82, 2.24) is 4.90 Å². The van der Waals surface area contributed by atoms with Crippen LogP contribution in [0.4, 0.5) is 0 Å². The molecule has 202 valence electrons. The molecule has 0 unspecified atom stereocenters. The maximum atomic E-state index is 13.7. The van der Waals surface area contributed by atoms with Crippen LogP contribution in [0.2, 0.25) is 0 Å². The summed E-state index contributed by atoms with van der Waals surface area (Å²) in [5.74, 6) is -0.0954. The molecule has 1 aliphatic rings. The molecule has 0 saturated carbocycles. The highest BCUT2D eigenvalue weighted by Gasteiger charge is 2.33. The number of aryl methyl sites for hydroxylation is 1. The number of amidine groups is 1. The molecule has 1 amide bonds. The van der Waals surface area contributed by atoms with E-state index < -0.39 is 10.1 Å². The van der Waals surface area contributed by atoms with Gasteiger partial charge in [-0.25, -0.2) is 0 Å². The van der Waals surface area contributed by atoms with E-state index in [-0.39, 0.29) is 16.6 Å². The smallest absolute Gasteiger partial charge is 0.339 e. The number of carbonyl (C=O) groups excluding carboxylic acids is 1. The summed E-state index contributed by atoms with van der Waals surface area (Å²) >= 11 is 4.71. The number of hydrogen-bond donors (Lipinski definition) is 0. The average molecular weight is 634 g/mol. The summed E-state index contributed by atoms with van der Waals surface area (Å²) in [5, 5.41) is 0.577. The van der Waals surface area contributed by atoms with Crippen molar-refractivity contribution in [2.45, 2.75) is 24.9 Å². The minimum Gasteiger partial charge on any atom is -0.378 e. The van der Waals surface area contributed by atoms with E-state index in [2.05, 4.69) is 15.9 Å². The van der Waals surface area contributed by atoms with Crippen molar-refractivity contribution in [1.29, 1.82) is 0 Å². The van der Waals surface area contributed by atoms with Crippen LogP contribution in [-0.2, 0) is 28.0 Å². The maximum absolute atomic E-state index is 13.7. The summed E-state index contributed by atoms with van der Waals surface area (Å²) in [4.78, 5) is 20.5. The molecule has 1 aliphatic heterocycles. The number of halogens is 1. The Labute approximate surface area is 246 Å². The van der Waals surface area contributed by atoms with Gasteiger partial charge < -0.3 is 4.18 Å². The minimum absolute atomic E-state index is 0.0512. The van der Waals surface area contributed by atoms with E-state index in [4.69, 9.17) is 9.18 Å². The molecule has 4 aromatic rings. The summed E-state index contributed by atoms with van der Waals surface area (Å²) in [6, 6.07) is 31.0. The molecule has 1 fully saturated rings. The molecule has 0 aromatic heterocycles. The van der Waals surface area contributed by atoms with Crippen molar-refractivity contribution in [3.8, 4) is 5.75 Å². The number of aliphatic imine (C=N–C) groups is 1. The van der Waals surface area contributed by atoms with Crippen LogP contribution in [0.25, 0.3) is 6.08 Å². The summed E-state index contributed by atoms with van der Waals surface area (Å²) in [5.41, 5.74) is 3.39. The van der Waals surface area contributed by atoms with Gasteiger partial charge in [0.05, 0.1) is 18.0 Å². The van der Waals surface area contributed by atoms with Crippen molar-refractivity contribution in [2.75, 3.05) is 0 Å². The van der Waals surface area contributed by atoms with Crippen molar-refractivity contribution in [3.63, 3.8) is 0 Å². The lowest BCUT2D eigenvalue weighted by atomic mass is 10.2. The predicted molar refractivity (Wildman–Crippen MR) is 163 cm³/mol. The van der Waals surface area contributed by atoms with Gasteiger partial charge in [0.15, 0.2) is 5.17 Å². The third kappa shape index (κ3) is 6.72. The third-order valence-corrected chi connectivity index (χ3v) is 8.87. The fraction of sp³-hybridized carbons (Fsp3) is 0.0968. The van der Waals surface area contributed by atoms with Crippen LogP contribution in [0.3, 0.4) is 0 Å². The lowest BCUT2D eigenvalue weighted by molar-refractivity contribution is -0.122. The maximum Gasteiger partial charge on any atom is 0.339 e. The van der Waals surface area contributed by atoms with Crippen molar-refractivity contribution in [3.05, 3.63) is 135 Å². The molecule has 0 radical (unpaired) electrons. The summed E-state index contributed by atoms with van der Waals surface area (Å²) in [7, 11) is -4.08. The van der Waals surface area contributed by atoms with Crippen LogP contribution in [0, 0.1) is 6.92 Å². The Morgan fingerprint density at radius 3 is 2.23 bits per heavy atom. The molecule has 5 rings (SSSR count). The van der Waals surface area contributed by atoms with Gasteiger partial charge in [-0.3, -0.25) is 14.7 Å². The minimum atomic E-state index is -4.08. The summed E-state index contributed by atoms with van der Waals surface area (Å²) in [6.07, 6.45) is 1.65.